The van der Waals surface area contributed by atoms with Crippen LogP contribution in [0, 0.1) is 5.92 Å². The van der Waals surface area contributed by atoms with E-state index in [1.54, 1.807) is 14.2 Å². The zero-order chi connectivity index (χ0) is 7.11. The average Bonchev–Trinajstić information content (AvgIpc) is 1.88. The fourth-order valence-electron chi connectivity index (χ4n) is 0.555. The molecule has 0 saturated heterocycles. The summed E-state index contributed by atoms with van der Waals surface area (Å²) in [6, 6.07) is 0. The minimum absolute atomic E-state index is 0.111. The van der Waals surface area contributed by atoms with Crippen molar-refractivity contribution < 1.29 is 14.3 Å². The number of carbonyl (C=O) groups excluding carboxylic acids is 1. The van der Waals surface area contributed by atoms with Gasteiger partial charge in [0.1, 0.15) is 6.29 Å². The Morgan fingerprint density at radius 1 is 1.33 bits per heavy atom. The Morgan fingerprint density at radius 2 is 1.78 bits per heavy atom. The molecule has 9 heavy (non-hydrogen) atoms. The van der Waals surface area contributed by atoms with E-state index >= 15 is 0 Å². The van der Waals surface area contributed by atoms with Gasteiger partial charge in [0.05, 0.1) is 19.1 Å². The maximum atomic E-state index is 10.1. The fraction of sp³-hybridized carbons (Fsp3) is 0.833. The van der Waals surface area contributed by atoms with Gasteiger partial charge in [0, 0.05) is 14.2 Å². The molecule has 0 aromatic carbocycles. The van der Waals surface area contributed by atoms with Crippen LogP contribution in [0.5, 0.6) is 0 Å². The molecule has 3 heteroatoms. The van der Waals surface area contributed by atoms with Crippen molar-refractivity contribution in [1.29, 1.82) is 0 Å². The van der Waals surface area contributed by atoms with Crippen molar-refractivity contribution in [2.75, 3.05) is 27.4 Å². The summed E-state index contributed by atoms with van der Waals surface area (Å²) in [5, 5.41) is 0. The maximum Gasteiger partial charge on any atom is 0.127 e. The number of ether oxygens (including phenoxy) is 2. The Morgan fingerprint density at radius 3 is 2.00 bits per heavy atom. The van der Waals surface area contributed by atoms with E-state index in [1.165, 1.54) is 0 Å². The number of rotatable bonds is 5. The Labute approximate surface area is 55.0 Å². The van der Waals surface area contributed by atoms with Crippen LogP contribution in [0.2, 0.25) is 0 Å². The summed E-state index contributed by atoms with van der Waals surface area (Å²) in [7, 11) is 3.12. The summed E-state index contributed by atoms with van der Waals surface area (Å²) < 4.78 is 9.47. The highest BCUT2D eigenvalue weighted by atomic mass is 16.5. The van der Waals surface area contributed by atoms with Crippen LogP contribution in [0.1, 0.15) is 0 Å². The number of hydrogen-bond acceptors (Lipinski definition) is 3. The van der Waals surface area contributed by atoms with Crippen molar-refractivity contribution in [2.24, 2.45) is 5.92 Å². The van der Waals surface area contributed by atoms with E-state index < -0.39 is 0 Å². The molecule has 0 saturated carbocycles. The zero-order valence-corrected chi connectivity index (χ0v) is 5.79. The molecule has 0 aromatic rings. The molecule has 0 unspecified atom stereocenters. The Hall–Kier alpha value is -0.410. The lowest BCUT2D eigenvalue weighted by atomic mass is 10.2. The number of hydrogen-bond donors (Lipinski definition) is 0. The van der Waals surface area contributed by atoms with Gasteiger partial charge in [-0.05, 0) is 0 Å². The molecule has 0 aliphatic heterocycles. The van der Waals surface area contributed by atoms with Gasteiger partial charge < -0.3 is 14.3 Å². The molecule has 0 fully saturated rings. The summed E-state index contributed by atoms with van der Waals surface area (Å²) in [4.78, 5) is 10.1. The van der Waals surface area contributed by atoms with Gasteiger partial charge >= 0.3 is 0 Å². The van der Waals surface area contributed by atoms with Crippen LogP contribution in [0.15, 0.2) is 0 Å². The number of carbonyl (C=O) groups is 1. The monoisotopic (exact) mass is 132 g/mol. The third kappa shape index (κ3) is 4.12. The lowest BCUT2D eigenvalue weighted by molar-refractivity contribution is -0.114. The Kier molecular flexibility index (Phi) is 5.46. The normalized spacial score (nSPS) is 10.1. The molecule has 0 aliphatic carbocycles. The number of aldehydes is 1. The molecule has 54 valence electrons. The van der Waals surface area contributed by atoms with Gasteiger partial charge in [0.25, 0.3) is 0 Å². The Balaban J connectivity index is 3.29. The highest BCUT2D eigenvalue weighted by Gasteiger charge is 2.04. The van der Waals surface area contributed by atoms with E-state index in [-0.39, 0.29) is 5.92 Å². The van der Waals surface area contributed by atoms with Gasteiger partial charge in [-0.1, -0.05) is 0 Å². The van der Waals surface area contributed by atoms with Crippen LogP contribution < -0.4 is 0 Å². The second-order valence-corrected chi connectivity index (χ2v) is 1.81. The second-order valence-electron chi connectivity index (χ2n) is 1.81. The summed E-state index contributed by atoms with van der Waals surface area (Å²) >= 11 is 0. The highest BCUT2D eigenvalue weighted by molar-refractivity contribution is 5.53. The van der Waals surface area contributed by atoms with Gasteiger partial charge in [0.2, 0.25) is 0 Å². The lowest BCUT2D eigenvalue weighted by Crippen LogP contribution is -2.15. The summed E-state index contributed by atoms with van der Waals surface area (Å²) in [6.07, 6.45) is 0.840. The third-order valence-corrected chi connectivity index (χ3v) is 0.954. The van der Waals surface area contributed by atoms with Crippen molar-refractivity contribution in [3.8, 4) is 0 Å². The van der Waals surface area contributed by atoms with Crippen LogP contribution in [0.3, 0.4) is 0 Å². The predicted octanol–water partition coefficient (Wildman–Crippen LogP) is 0.0943. The molecule has 0 atom stereocenters. The van der Waals surface area contributed by atoms with Crippen molar-refractivity contribution in [2.45, 2.75) is 0 Å². The van der Waals surface area contributed by atoms with Crippen LogP contribution in [-0.4, -0.2) is 33.7 Å². The average molecular weight is 132 g/mol. The zero-order valence-electron chi connectivity index (χ0n) is 5.79. The van der Waals surface area contributed by atoms with Gasteiger partial charge in [-0.3, -0.25) is 0 Å². The largest absolute Gasteiger partial charge is 0.384 e. The molecule has 0 heterocycles. The van der Waals surface area contributed by atoms with E-state index in [0.717, 1.165) is 6.29 Å². The van der Waals surface area contributed by atoms with E-state index in [9.17, 15) is 4.79 Å². The van der Waals surface area contributed by atoms with Crippen molar-refractivity contribution >= 4 is 6.29 Å². The van der Waals surface area contributed by atoms with Crippen LogP contribution in [0.25, 0.3) is 0 Å². The smallest absolute Gasteiger partial charge is 0.127 e. The molecule has 0 aromatic heterocycles. The van der Waals surface area contributed by atoms with E-state index in [0.29, 0.717) is 13.2 Å². The predicted molar refractivity (Wildman–Crippen MR) is 33.3 cm³/mol. The van der Waals surface area contributed by atoms with Crippen LogP contribution in [0.4, 0.5) is 0 Å². The fourth-order valence-corrected chi connectivity index (χ4v) is 0.555. The SMILES string of the molecule is COCC(C=O)COC. The van der Waals surface area contributed by atoms with Gasteiger partial charge in [-0.15, -0.1) is 0 Å². The quantitative estimate of drug-likeness (QED) is 0.497. The molecule has 0 bridgehead atoms. The second kappa shape index (κ2) is 5.72. The molecular formula is C6H12O3. The molecule has 0 aliphatic rings. The third-order valence-electron chi connectivity index (χ3n) is 0.954. The van der Waals surface area contributed by atoms with Gasteiger partial charge in [-0.2, -0.15) is 0 Å². The van der Waals surface area contributed by atoms with Crippen molar-refractivity contribution in [1.82, 2.24) is 0 Å². The first-order valence-electron chi connectivity index (χ1n) is 2.78. The lowest BCUT2D eigenvalue weighted by Gasteiger charge is -2.05. The molecule has 0 rings (SSSR count). The first kappa shape index (κ1) is 8.59. The minimum Gasteiger partial charge on any atom is -0.384 e. The molecule has 0 amide bonds. The first-order valence-corrected chi connectivity index (χ1v) is 2.78. The van der Waals surface area contributed by atoms with Gasteiger partial charge in [0.15, 0.2) is 0 Å². The summed E-state index contributed by atoms with van der Waals surface area (Å²) in [5.74, 6) is -0.111. The van der Waals surface area contributed by atoms with Gasteiger partial charge in [-0.25, -0.2) is 0 Å². The minimum atomic E-state index is -0.111. The van der Waals surface area contributed by atoms with Crippen LogP contribution in [-0.2, 0) is 14.3 Å². The first-order chi connectivity index (χ1) is 4.35. The van der Waals surface area contributed by atoms with E-state index in [4.69, 9.17) is 9.47 Å². The molecule has 0 spiro atoms. The standard InChI is InChI=1S/C6H12O3/c1-8-4-6(3-7)5-9-2/h3,6H,4-5H2,1-2H3. The molecule has 0 radical (unpaired) electrons. The summed E-state index contributed by atoms with van der Waals surface area (Å²) in [5.41, 5.74) is 0. The van der Waals surface area contributed by atoms with E-state index in [1.807, 2.05) is 0 Å². The molecular weight excluding hydrogens is 120 g/mol. The number of methoxy groups -OCH3 is 2. The van der Waals surface area contributed by atoms with Crippen molar-refractivity contribution in [3.63, 3.8) is 0 Å². The van der Waals surface area contributed by atoms with E-state index in [2.05, 4.69) is 0 Å². The highest BCUT2D eigenvalue weighted by Crippen LogP contribution is 1.91. The molecule has 3 nitrogen and oxygen atoms in total. The Bertz CT molecular complexity index is 66.7. The van der Waals surface area contributed by atoms with Crippen molar-refractivity contribution in [3.05, 3.63) is 0 Å². The summed E-state index contributed by atoms with van der Waals surface area (Å²) in [6.45, 7) is 0.884. The molecule has 0 N–H and O–H groups in total. The maximum absolute atomic E-state index is 10.1. The van der Waals surface area contributed by atoms with Crippen LogP contribution >= 0.6 is 0 Å². The topological polar surface area (TPSA) is 35.5 Å².